The lowest BCUT2D eigenvalue weighted by molar-refractivity contribution is -0.116. The summed E-state index contributed by atoms with van der Waals surface area (Å²) in [5.74, 6) is -0.0523. The fraction of sp³-hybridized carbons (Fsp3) is 0.316. The predicted octanol–water partition coefficient (Wildman–Crippen LogP) is 3.84. The van der Waals surface area contributed by atoms with Gasteiger partial charge in [-0.1, -0.05) is 29.8 Å². The van der Waals surface area contributed by atoms with Crippen molar-refractivity contribution < 1.29 is 4.79 Å². The molecule has 0 unspecified atom stereocenters. The van der Waals surface area contributed by atoms with Crippen molar-refractivity contribution in [1.82, 2.24) is 19.6 Å². The van der Waals surface area contributed by atoms with E-state index in [2.05, 4.69) is 62.6 Å². The Morgan fingerprint density at radius 2 is 1.92 bits per heavy atom. The number of nitrogens with zero attached hydrogens (tertiary/aromatic N) is 4. The number of hydrogen-bond donors (Lipinski definition) is 1. The molecule has 2 aromatic heterocycles. The topological polar surface area (TPSA) is 64.7 Å². The summed E-state index contributed by atoms with van der Waals surface area (Å²) in [7, 11) is 0. The van der Waals surface area contributed by atoms with Crippen LogP contribution >= 0.6 is 15.9 Å². The highest BCUT2D eigenvalue weighted by atomic mass is 79.9. The fourth-order valence-electron chi connectivity index (χ4n) is 2.72. The lowest BCUT2D eigenvalue weighted by Crippen LogP contribution is -2.15. The fourth-order valence-corrected chi connectivity index (χ4v) is 3.00. The highest BCUT2D eigenvalue weighted by molar-refractivity contribution is 9.10. The summed E-state index contributed by atoms with van der Waals surface area (Å²) in [6.07, 6.45) is 3.88. The van der Waals surface area contributed by atoms with Crippen LogP contribution in [0.5, 0.6) is 0 Å². The largest absolute Gasteiger partial charge is 0.323 e. The minimum Gasteiger partial charge on any atom is -0.323 e. The summed E-state index contributed by atoms with van der Waals surface area (Å²) in [6, 6.07) is 8.33. The zero-order valence-electron chi connectivity index (χ0n) is 15.2. The Labute approximate surface area is 161 Å². The van der Waals surface area contributed by atoms with Crippen molar-refractivity contribution in [3.05, 3.63) is 63.6 Å². The van der Waals surface area contributed by atoms with Gasteiger partial charge in [0.1, 0.15) is 0 Å². The molecule has 1 aromatic carbocycles. The maximum atomic E-state index is 12.2. The molecule has 1 N–H and O–H groups in total. The molecule has 0 atom stereocenters. The Hall–Kier alpha value is -2.41. The number of amides is 1. The van der Waals surface area contributed by atoms with Crippen LogP contribution in [0.25, 0.3) is 0 Å². The van der Waals surface area contributed by atoms with Gasteiger partial charge >= 0.3 is 0 Å². The van der Waals surface area contributed by atoms with Gasteiger partial charge in [0.05, 0.1) is 35.1 Å². The number of carbonyl (C=O) groups excluding carboxylic acids is 1. The molecular formula is C19H22BrN5O. The molecule has 0 aliphatic heterocycles. The van der Waals surface area contributed by atoms with Crippen LogP contribution in [0.3, 0.4) is 0 Å². The number of aromatic nitrogens is 4. The molecule has 3 aromatic rings. The normalized spacial score (nSPS) is 10.9. The van der Waals surface area contributed by atoms with E-state index in [4.69, 9.17) is 0 Å². The van der Waals surface area contributed by atoms with Gasteiger partial charge in [0.2, 0.25) is 5.91 Å². The maximum Gasteiger partial charge on any atom is 0.226 e. The third kappa shape index (κ3) is 4.40. The first-order valence-electron chi connectivity index (χ1n) is 8.49. The molecule has 0 saturated heterocycles. The van der Waals surface area contributed by atoms with Crippen LogP contribution in [0.2, 0.25) is 0 Å². The molecule has 136 valence electrons. The Morgan fingerprint density at radius 1 is 1.19 bits per heavy atom. The van der Waals surface area contributed by atoms with E-state index >= 15 is 0 Å². The third-order valence-corrected chi connectivity index (χ3v) is 5.37. The molecule has 7 heteroatoms. The van der Waals surface area contributed by atoms with Gasteiger partial charge in [0.25, 0.3) is 0 Å². The van der Waals surface area contributed by atoms with Crippen LogP contribution < -0.4 is 5.32 Å². The third-order valence-electron chi connectivity index (χ3n) is 4.23. The zero-order chi connectivity index (χ0) is 18.7. The van der Waals surface area contributed by atoms with Gasteiger partial charge in [0.15, 0.2) is 0 Å². The first-order valence-corrected chi connectivity index (χ1v) is 9.29. The SMILES string of the molecule is Cc1ccc(Cn2cc(NC(=O)CCn3nc(C)c(Br)c3C)cn2)cc1. The van der Waals surface area contributed by atoms with E-state index in [0.29, 0.717) is 25.2 Å². The zero-order valence-corrected chi connectivity index (χ0v) is 16.7. The molecule has 0 aliphatic rings. The summed E-state index contributed by atoms with van der Waals surface area (Å²) in [4.78, 5) is 12.2. The molecule has 0 bridgehead atoms. The predicted molar refractivity (Wildman–Crippen MR) is 105 cm³/mol. The van der Waals surface area contributed by atoms with Gasteiger partial charge in [-0.3, -0.25) is 14.2 Å². The number of nitrogens with one attached hydrogen (secondary N) is 1. The molecular weight excluding hydrogens is 394 g/mol. The summed E-state index contributed by atoms with van der Waals surface area (Å²) in [6.45, 7) is 7.21. The number of halogens is 1. The first kappa shape index (κ1) is 18.4. The minimum atomic E-state index is -0.0523. The van der Waals surface area contributed by atoms with Gasteiger partial charge in [-0.25, -0.2) is 0 Å². The van der Waals surface area contributed by atoms with Crippen LogP contribution in [-0.2, 0) is 17.9 Å². The number of benzene rings is 1. The van der Waals surface area contributed by atoms with Crippen molar-refractivity contribution in [3.8, 4) is 0 Å². The van der Waals surface area contributed by atoms with Crippen molar-refractivity contribution in [2.24, 2.45) is 0 Å². The molecule has 2 heterocycles. The lowest BCUT2D eigenvalue weighted by Gasteiger charge is -2.05. The summed E-state index contributed by atoms with van der Waals surface area (Å²) < 4.78 is 4.66. The van der Waals surface area contributed by atoms with Gasteiger partial charge < -0.3 is 5.32 Å². The summed E-state index contributed by atoms with van der Waals surface area (Å²) >= 11 is 3.50. The van der Waals surface area contributed by atoms with Crippen molar-refractivity contribution in [1.29, 1.82) is 0 Å². The molecule has 0 saturated carbocycles. The maximum absolute atomic E-state index is 12.2. The molecule has 1 amide bonds. The molecule has 0 spiro atoms. The highest BCUT2D eigenvalue weighted by Gasteiger charge is 2.11. The van der Waals surface area contributed by atoms with E-state index in [9.17, 15) is 4.79 Å². The average molecular weight is 416 g/mol. The first-order chi connectivity index (χ1) is 12.4. The van der Waals surface area contributed by atoms with Gasteiger partial charge in [0, 0.05) is 18.3 Å². The molecule has 0 radical (unpaired) electrons. The Bertz CT molecular complexity index is 911. The van der Waals surface area contributed by atoms with Crippen LogP contribution in [0, 0.1) is 20.8 Å². The minimum absolute atomic E-state index is 0.0523. The smallest absolute Gasteiger partial charge is 0.226 e. The molecule has 26 heavy (non-hydrogen) atoms. The van der Waals surface area contributed by atoms with E-state index in [1.807, 2.05) is 29.4 Å². The van der Waals surface area contributed by atoms with Gasteiger partial charge in [-0.05, 0) is 42.3 Å². The molecule has 3 rings (SSSR count). The average Bonchev–Trinajstić information content (AvgIpc) is 3.15. The van der Waals surface area contributed by atoms with Gasteiger partial charge in [-0.2, -0.15) is 10.2 Å². The molecule has 0 aliphatic carbocycles. The van der Waals surface area contributed by atoms with E-state index in [1.54, 1.807) is 6.20 Å². The van der Waals surface area contributed by atoms with Crippen molar-refractivity contribution in [2.45, 2.75) is 40.3 Å². The van der Waals surface area contributed by atoms with E-state index < -0.39 is 0 Å². The van der Waals surface area contributed by atoms with Crippen molar-refractivity contribution in [2.75, 3.05) is 5.32 Å². The van der Waals surface area contributed by atoms with Crippen molar-refractivity contribution in [3.63, 3.8) is 0 Å². The second-order valence-corrected chi connectivity index (χ2v) is 7.21. The summed E-state index contributed by atoms with van der Waals surface area (Å²) in [5, 5.41) is 11.6. The van der Waals surface area contributed by atoms with Crippen LogP contribution in [0.1, 0.15) is 28.9 Å². The van der Waals surface area contributed by atoms with Crippen LogP contribution in [0.15, 0.2) is 41.1 Å². The highest BCUT2D eigenvalue weighted by Crippen LogP contribution is 2.20. The van der Waals surface area contributed by atoms with E-state index in [1.165, 1.54) is 11.1 Å². The summed E-state index contributed by atoms with van der Waals surface area (Å²) in [5.41, 5.74) is 5.07. The second-order valence-electron chi connectivity index (χ2n) is 6.42. The monoisotopic (exact) mass is 415 g/mol. The number of hydrogen-bond acceptors (Lipinski definition) is 3. The van der Waals surface area contributed by atoms with Crippen LogP contribution in [0.4, 0.5) is 5.69 Å². The molecule has 6 nitrogen and oxygen atoms in total. The number of carbonyl (C=O) groups is 1. The van der Waals surface area contributed by atoms with Crippen molar-refractivity contribution >= 4 is 27.5 Å². The standard InChI is InChI=1S/C19H22BrN5O/c1-13-4-6-16(7-5-13)11-24-12-17(10-21-24)22-18(26)8-9-25-15(3)19(20)14(2)23-25/h4-7,10,12H,8-9,11H2,1-3H3,(H,22,26). The number of aryl methyl sites for hydroxylation is 3. The van der Waals surface area contributed by atoms with E-state index in [-0.39, 0.29) is 5.91 Å². The quantitative estimate of drug-likeness (QED) is 0.664. The number of anilines is 1. The second kappa shape index (κ2) is 7.86. The Kier molecular flexibility index (Phi) is 5.56. The molecule has 0 fully saturated rings. The Morgan fingerprint density at radius 3 is 2.58 bits per heavy atom. The number of rotatable bonds is 6. The van der Waals surface area contributed by atoms with E-state index in [0.717, 1.165) is 15.9 Å². The van der Waals surface area contributed by atoms with Gasteiger partial charge in [-0.15, -0.1) is 0 Å². The van der Waals surface area contributed by atoms with Crippen LogP contribution in [-0.4, -0.2) is 25.5 Å². The lowest BCUT2D eigenvalue weighted by atomic mass is 10.1. The Balaban J connectivity index is 1.54.